The molecule has 2 atom stereocenters. The molecule has 2 aliphatic rings. The highest BCUT2D eigenvalue weighted by atomic mass is 16.6. The number of hydrogen-bond donors (Lipinski definition) is 1. The van der Waals surface area contributed by atoms with Crippen molar-refractivity contribution < 1.29 is 19.3 Å². The van der Waals surface area contributed by atoms with Gasteiger partial charge in [0.05, 0.1) is 27.6 Å². The SMILES string of the molecule is O=C1N=Cc2c1cccc2[N+](=O)[O-].O=CC(=O)C1CCC(c2ccc3ccccc3n2)CN1. The summed E-state index contributed by atoms with van der Waals surface area (Å²) in [5.74, 6) is -0.469. The Labute approximate surface area is 188 Å². The van der Waals surface area contributed by atoms with Crippen LogP contribution in [0.5, 0.6) is 0 Å². The molecule has 1 aromatic heterocycles. The molecule has 2 unspecified atom stereocenters. The zero-order chi connectivity index (χ0) is 23.4. The van der Waals surface area contributed by atoms with Crippen LogP contribution in [0, 0.1) is 10.1 Å². The summed E-state index contributed by atoms with van der Waals surface area (Å²) in [5, 5.41) is 14.8. The highest BCUT2D eigenvalue weighted by Gasteiger charge is 2.27. The number of nitrogens with one attached hydrogen (secondary N) is 1. The van der Waals surface area contributed by atoms with Crippen molar-refractivity contribution in [3.63, 3.8) is 0 Å². The Balaban J connectivity index is 0.000000172. The second-order valence-corrected chi connectivity index (χ2v) is 7.74. The minimum Gasteiger partial charge on any atom is -0.306 e. The molecule has 33 heavy (non-hydrogen) atoms. The van der Waals surface area contributed by atoms with Crippen molar-refractivity contribution in [3.05, 3.63) is 81.5 Å². The minimum absolute atomic E-state index is 0.0768. The van der Waals surface area contributed by atoms with Gasteiger partial charge >= 0.3 is 0 Å². The van der Waals surface area contributed by atoms with Crippen molar-refractivity contribution in [3.8, 4) is 0 Å². The number of ketones is 1. The standard InChI is InChI=1S/C16H16N2O2.C8H4N2O3/c19-10-16(20)15-8-6-12(9-17-15)14-7-5-11-3-1-2-4-13(11)18-14;11-8-5-2-1-3-7(10(12)13)6(5)4-9-8/h1-5,7,10,12,15,17H,6,8-9H2;1-4H. The first-order valence-electron chi connectivity index (χ1n) is 10.4. The maximum Gasteiger partial charge on any atom is 0.278 e. The number of rotatable bonds is 4. The van der Waals surface area contributed by atoms with Crippen LogP contribution in [0.25, 0.3) is 10.9 Å². The lowest BCUT2D eigenvalue weighted by Crippen LogP contribution is -2.43. The summed E-state index contributed by atoms with van der Waals surface area (Å²) >= 11 is 0. The number of nitro groups is 1. The van der Waals surface area contributed by atoms with Crippen LogP contribution in [0.3, 0.4) is 0 Å². The van der Waals surface area contributed by atoms with Crippen molar-refractivity contribution in [2.24, 2.45) is 4.99 Å². The zero-order valence-corrected chi connectivity index (χ0v) is 17.5. The molecule has 1 fully saturated rings. The average molecular weight is 444 g/mol. The summed E-state index contributed by atoms with van der Waals surface area (Å²) in [4.78, 5) is 51.0. The van der Waals surface area contributed by atoms with Gasteiger partial charge in [-0.1, -0.05) is 30.3 Å². The van der Waals surface area contributed by atoms with Crippen molar-refractivity contribution >= 4 is 40.8 Å². The number of benzene rings is 2. The second-order valence-electron chi connectivity index (χ2n) is 7.74. The molecular formula is C24H20N4O5. The van der Waals surface area contributed by atoms with E-state index >= 15 is 0 Å². The summed E-state index contributed by atoms with van der Waals surface area (Å²) in [7, 11) is 0. The first-order chi connectivity index (χ1) is 16.0. The van der Waals surface area contributed by atoms with Gasteiger partial charge in [0, 0.05) is 35.8 Å². The number of fused-ring (bicyclic) bond motifs is 2. The van der Waals surface area contributed by atoms with Crippen molar-refractivity contribution in [2.75, 3.05) is 6.54 Å². The van der Waals surface area contributed by atoms with Crippen molar-refractivity contribution in [2.45, 2.75) is 24.8 Å². The molecule has 2 aliphatic heterocycles. The van der Waals surface area contributed by atoms with Gasteiger partial charge in [0.2, 0.25) is 5.78 Å². The summed E-state index contributed by atoms with van der Waals surface area (Å²) in [6.07, 6.45) is 3.21. The molecule has 3 heterocycles. The monoisotopic (exact) mass is 444 g/mol. The second kappa shape index (κ2) is 9.58. The van der Waals surface area contributed by atoms with Gasteiger partial charge in [0.25, 0.3) is 11.6 Å². The number of hydrogen-bond acceptors (Lipinski definition) is 7. The third kappa shape index (κ3) is 4.73. The number of para-hydroxylation sites is 1. The molecule has 5 rings (SSSR count). The van der Waals surface area contributed by atoms with Crippen LogP contribution in [0.1, 0.15) is 40.4 Å². The predicted octanol–water partition coefficient (Wildman–Crippen LogP) is 3.01. The number of nitro benzene ring substituents is 1. The lowest BCUT2D eigenvalue weighted by atomic mass is 9.90. The van der Waals surface area contributed by atoms with Gasteiger partial charge in [-0.25, -0.2) is 4.99 Å². The topological polar surface area (TPSA) is 132 Å². The number of pyridine rings is 1. The maximum atomic E-state index is 11.3. The Kier molecular flexibility index (Phi) is 6.41. The van der Waals surface area contributed by atoms with E-state index in [9.17, 15) is 24.5 Å². The number of nitrogens with zero attached hydrogens (tertiary/aromatic N) is 3. The molecule has 0 spiro atoms. The summed E-state index contributed by atoms with van der Waals surface area (Å²) in [6.45, 7) is 0.690. The van der Waals surface area contributed by atoms with Gasteiger partial charge < -0.3 is 5.32 Å². The highest BCUT2D eigenvalue weighted by Crippen LogP contribution is 2.26. The van der Waals surface area contributed by atoms with E-state index in [1.165, 1.54) is 24.4 Å². The van der Waals surface area contributed by atoms with E-state index in [2.05, 4.69) is 22.4 Å². The molecule has 1 saturated heterocycles. The fourth-order valence-electron chi connectivity index (χ4n) is 3.97. The molecule has 9 nitrogen and oxygen atoms in total. The molecule has 1 amide bonds. The molecule has 166 valence electrons. The highest BCUT2D eigenvalue weighted by molar-refractivity contribution is 6.27. The maximum absolute atomic E-state index is 11.3. The normalized spacial score (nSPS) is 18.8. The number of carbonyl (C=O) groups is 3. The number of carbonyl (C=O) groups excluding carboxylic acids is 3. The van der Waals surface area contributed by atoms with Crippen LogP contribution < -0.4 is 5.32 Å². The molecule has 9 heteroatoms. The summed E-state index contributed by atoms with van der Waals surface area (Å²) in [6, 6.07) is 16.2. The van der Waals surface area contributed by atoms with Gasteiger partial charge in [-0.3, -0.25) is 29.5 Å². The van der Waals surface area contributed by atoms with E-state index in [1.807, 2.05) is 24.3 Å². The van der Waals surface area contributed by atoms with E-state index < -0.39 is 10.8 Å². The number of aliphatic imine (C=N–C) groups is 1. The Morgan fingerprint density at radius 2 is 1.91 bits per heavy atom. The quantitative estimate of drug-likeness (QED) is 0.283. The first kappa shape index (κ1) is 22.1. The summed E-state index contributed by atoms with van der Waals surface area (Å²) < 4.78 is 0. The molecule has 2 aromatic carbocycles. The van der Waals surface area contributed by atoms with Crippen LogP contribution in [-0.2, 0) is 9.59 Å². The number of aldehydes is 1. The number of aromatic nitrogens is 1. The average Bonchev–Trinajstić information content (AvgIpc) is 3.24. The Bertz CT molecular complexity index is 1280. The molecule has 0 saturated carbocycles. The number of amides is 1. The van der Waals surface area contributed by atoms with Gasteiger partial charge in [-0.05, 0) is 31.0 Å². The fraction of sp³-hybridized carbons (Fsp3) is 0.208. The van der Waals surface area contributed by atoms with Crippen molar-refractivity contribution in [1.82, 2.24) is 10.3 Å². The van der Waals surface area contributed by atoms with E-state index in [0.717, 1.165) is 23.0 Å². The smallest absolute Gasteiger partial charge is 0.278 e. The molecule has 0 bridgehead atoms. The third-order valence-electron chi connectivity index (χ3n) is 5.73. The van der Waals surface area contributed by atoms with Crippen LogP contribution in [0.15, 0.2) is 59.6 Å². The predicted molar refractivity (Wildman–Crippen MR) is 122 cm³/mol. The largest absolute Gasteiger partial charge is 0.306 e. The lowest BCUT2D eigenvalue weighted by molar-refractivity contribution is -0.385. The molecule has 0 radical (unpaired) electrons. The van der Waals surface area contributed by atoms with Crippen LogP contribution in [0.4, 0.5) is 5.69 Å². The van der Waals surface area contributed by atoms with E-state index in [0.29, 0.717) is 36.3 Å². The van der Waals surface area contributed by atoms with Crippen LogP contribution in [-0.4, -0.2) is 46.7 Å². The van der Waals surface area contributed by atoms with Gasteiger partial charge in [0.1, 0.15) is 0 Å². The van der Waals surface area contributed by atoms with E-state index in [1.54, 1.807) is 0 Å². The van der Waals surface area contributed by atoms with Crippen LogP contribution >= 0.6 is 0 Å². The molecule has 3 aromatic rings. The Morgan fingerprint density at radius 3 is 2.64 bits per heavy atom. The zero-order valence-electron chi connectivity index (χ0n) is 17.5. The van der Waals surface area contributed by atoms with E-state index in [4.69, 9.17) is 4.98 Å². The van der Waals surface area contributed by atoms with Gasteiger partial charge in [0.15, 0.2) is 6.29 Å². The molecule has 0 aliphatic carbocycles. The third-order valence-corrected chi connectivity index (χ3v) is 5.73. The van der Waals surface area contributed by atoms with Crippen molar-refractivity contribution in [1.29, 1.82) is 0 Å². The van der Waals surface area contributed by atoms with Crippen LogP contribution in [0.2, 0.25) is 0 Å². The molecule has 1 N–H and O–H groups in total. The number of Topliss-reactive ketones (excluding diaryl/α,β-unsaturated/α-hetero) is 1. The van der Waals surface area contributed by atoms with Gasteiger partial charge in [-0.2, -0.15) is 0 Å². The van der Waals surface area contributed by atoms with Gasteiger partial charge in [-0.15, -0.1) is 0 Å². The molecular weight excluding hydrogens is 424 g/mol. The lowest BCUT2D eigenvalue weighted by Gasteiger charge is -2.27. The Hall–Kier alpha value is -4.11. The first-order valence-corrected chi connectivity index (χ1v) is 10.4. The minimum atomic E-state index is -0.524. The van der Waals surface area contributed by atoms with E-state index in [-0.39, 0.29) is 17.5 Å². The Morgan fingerprint density at radius 1 is 1.09 bits per heavy atom. The summed E-state index contributed by atoms with van der Waals surface area (Å²) in [5.41, 5.74) is 2.57. The fourth-order valence-corrected chi connectivity index (χ4v) is 3.97. The number of piperidine rings is 1.